The van der Waals surface area contributed by atoms with Crippen molar-refractivity contribution in [2.45, 2.75) is 12.8 Å². The molecule has 0 spiro atoms. The number of carbonyl (C=O) groups is 1. The van der Waals surface area contributed by atoms with E-state index in [1.54, 1.807) is 37.3 Å². The lowest BCUT2D eigenvalue weighted by molar-refractivity contribution is -0.140. The zero-order chi connectivity index (χ0) is 16.6. The molecule has 1 aliphatic heterocycles. The summed E-state index contributed by atoms with van der Waals surface area (Å²) in [5.41, 5.74) is 0.705. The van der Waals surface area contributed by atoms with Gasteiger partial charge in [-0.05, 0) is 30.7 Å². The second-order valence-electron chi connectivity index (χ2n) is 5.02. The molecule has 0 atom stereocenters. The lowest BCUT2D eigenvalue weighted by Gasteiger charge is -2.24. The second-order valence-corrected chi connectivity index (χ2v) is 5.36. The number of halogens is 3. The third-order valence-corrected chi connectivity index (χ3v) is 3.75. The highest BCUT2D eigenvalue weighted by Crippen LogP contribution is 2.39. The number of anilines is 3. The van der Waals surface area contributed by atoms with Gasteiger partial charge in [-0.2, -0.15) is 13.8 Å². The Kier molecular flexibility index (Phi) is 3.89. The van der Waals surface area contributed by atoms with Gasteiger partial charge in [0, 0.05) is 12.2 Å². The average molecular weight is 339 g/mol. The molecule has 0 saturated heterocycles. The number of hydrogen-bond acceptors (Lipinski definition) is 4. The Hall–Kier alpha value is -2.28. The monoisotopic (exact) mass is 338 g/mol. The Balaban J connectivity index is 2.23. The minimum absolute atomic E-state index is 0.0709. The molecule has 0 fully saturated rings. The van der Waals surface area contributed by atoms with Crippen LogP contribution in [0, 0.1) is 0 Å². The number of nitrogens with zero attached hydrogens (tertiary/aromatic N) is 4. The quantitative estimate of drug-likeness (QED) is 0.789. The summed E-state index contributed by atoms with van der Waals surface area (Å²) in [6.45, 7) is 0.881. The van der Waals surface area contributed by atoms with Crippen LogP contribution in [-0.2, 0) is 4.79 Å². The summed E-state index contributed by atoms with van der Waals surface area (Å²) in [6, 6.07) is 8.56. The highest BCUT2D eigenvalue weighted by molar-refractivity contribution is 6.28. The van der Waals surface area contributed by atoms with Gasteiger partial charge in [-0.1, -0.05) is 18.2 Å². The van der Waals surface area contributed by atoms with Gasteiger partial charge in [0.1, 0.15) is 5.69 Å². The van der Waals surface area contributed by atoms with Crippen LogP contribution in [0.2, 0.25) is 5.28 Å². The molecule has 0 radical (unpaired) electrons. The Morgan fingerprint density at radius 3 is 2.65 bits per heavy atom. The normalized spacial score (nSPS) is 17.0. The molecule has 23 heavy (non-hydrogen) atoms. The van der Waals surface area contributed by atoms with Crippen LogP contribution >= 0.6 is 11.6 Å². The predicted octanol–water partition coefficient (Wildman–Crippen LogP) is 3.27. The third kappa shape index (κ3) is 2.72. The van der Waals surface area contributed by atoms with E-state index in [2.05, 4.69) is 9.97 Å². The molecule has 2 aromatic rings. The van der Waals surface area contributed by atoms with Crippen molar-refractivity contribution in [3.63, 3.8) is 0 Å². The van der Waals surface area contributed by atoms with Gasteiger partial charge in [0.05, 0.1) is 12.7 Å². The number of aromatic nitrogens is 2. The largest absolute Gasteiger partial charge is 0.342 e. The van der Waals surface area contributed by atoms with Crippen LogP contribution in [0.25, 0.3) is 0 Å². The molecule has 1 aromatic carbocycles. The molecule has 3 rings (SSSR count). The van der Waals surface area contributed by atoms with E-state index in [-0.39, 0.29) is 23.3 Å². The summed E-state index contributed by atoms with van der Waals surface area (Å²) in [4.78, 5) is 22.4. The molecule has 5 nitrogen and oxygen atoms in total. The van der Waals surface area contributed by atoms with Gasteiger partial charge in [0.2, 0.25) is 5.28 Å². The SMILES string of the molecule is CCN1C(=O)C(F)(F)CN(c2ccccc2)c2nc(Cl)ncc21. The highest BCUT2D eigenvalue weighted by atomic mass is 35.5. The van der Waals surface area contributed by atoms with E-state index in [1.807, 2.05) is 0 Å². The van der Waals surface area contributed by atoms with E-state index >= 15 is 0 Å². The molecule has 1 aromatic heterocycles. The van der Waals surface area contributed by atoms with Crippen molar-refractivity contribution in [1.29, 1.82) is 0 Å². The summed E-state index contributed by atoms with van der Waals surface area (Å²) in [5, 5.41) is -0.0709. The molecule has 1 aliphatic rings. The number of rotatable bonds is 2. The number of hydrogen-bond donors (Lipinski definition) is 0. The molecule has 0 N–H and O–H groups in total. The second kappa shape index (κ2) is 5.73. The number of amides is 1. The number of fused-ring (bicyclic) bond motifs is 1. The number of benzene rings is 1. The Morgan fingerprint density at radius 2 is 2.00 bits per heavy atom. The maximum atomic E-state index is 14.4. The van der Waals surface area contributed by atoms with Crippen LogP contribution in [0.4, 0.5) is 26.0 Å². The number of para-hydroxylation sites is 1. The van der Waals surface area contributed by atoms with Crippen molar-refractivity contribution in [2.75, 3.05) is 22.9 Å². The van der Waals surface area contributed by atoms with Crippen molar-refractivity contribution in [3.05, 3.63) is 41.8 Å². The van der Waals surface area contributed by atoms with Crippen LogP contribution in [0.15, 0.2) is 36.5 Å². The lowest BCUT2D eigenvalue weighted by atomic mass is 10.2. The van der Waals surface area contributed by atoms with Crippen molar-refractivity contribution in [3.8, 4) is 0 Å². The van der Waals surface area contributed by atoms with E-state index in [9.17, 15) is 13.6 Å². The first-order valence-electron chi connectivity index (χ1n) is 6.99. The lowest BCUT2D eigenvalue weighted by Crippen LogP contribution is -2.46. The van der Waals surface area contributed by atoms with Crippen LogP contribution < -0.4 is 9.80 Å². The molecule has 0 unspecified atom stereocenters. The predicted molar refractivity (Wildman–Crippen MR) is 83.5 cm³/mol. The molecule has 1 amide bonds. The van der Waals surface area contributed by atoms with Gasteiger partial charge < -0.3 is 9.80 Å². The fraction of sp³-hybridized carbons (Fsp3) is 0.267. The Labute approximate surface area is 136 Å². The van der Waals surface area contributed by atoms with Crippen molar-refractivity contribution in [2.24, 2.45) is 0 Å². The highest BCUT2D eigenvalue weighted by Gasteiger charge is 2.48. The maximum absolute atomic E-state index is 14.4. The molecule has 2 heterocycles. The van der Waals surface area contributed by atoms with Crippen molar-refractivity contribution in [1.82, 2.24) is 9.97 Å². The van der Waals surface area contributed by atoms with Crippen LogP contribution in [0.3, 0.4) is 0 Å². The van der Waals surface area contributed by atoms with E-state index in [1.165, 1.54) is 11.1 Å². The smallest absolute Gasteiger partial charge is 0.318 e. The zero-order valence-corrected chi connectivity index (χ0v) is 13.0. The average Bonchev–Trinajstić information content (AvgIpc) is 2.62. The van der Waals surface area contributed by atoms with Crippen LogP contribution in [-0.4, -0.2) is 34.9 Å². The molecular formula is C15H13ClF2N4O. The zero-order valence-electron chi connectivity index (χ0n) is 12.2. The van der Waals surface area contributed by atoms with Gasteiger partial charge in [0.25, 0.3) is 5.91 Å². The van der Waals surface area contributed by atoms with E-state index in [0.29, 0.717) is 5.69 Å². The van der Waals surface area contributed by atoms with E-state index < -0.39 is 18.4 Å². The minimum atomic E-state index is -3.56. The Bertz CT molecular complexity index is 742. The molecule has 0 aliphatic carbocycles. The maximum Gasteiger partial charge on any atom is 0.342 e. The van der Waals surface area contributed by atoms with Crippen molar-refractivity contribution >= 4 is 34.7 Å². The Morgan fingerprint density at radius 1 is 1.30 bits per heavy atom. The summed E-state index contributed by atoms with van der Waals surface area (Å²) >= 11 is 5.84. The fourth-order valence-electron chi connectivity index (χ4n) is 2.52. The van der Waals surface area contributed by atoms with Crippen LogP contribution in [0.5, 0.6) is 0 Å². The first kappa shape index (κ1) is 15.6. The summed E-state index contributed by atoms with van der Waals surface area (Å²) < 4.78 is 28.8. The summed E-state index contributed by atoms with van der Waals surface area (Å²) in [7, 11) is 0. The molecule has 0 saturated carbocycles. The third-order valence-electron chi connectivity index (χ3n) is 3.57. The van der Waals surface area contributed by atoms with Gasteiger partial charge in [-0.15, -0.1) is 0 Å². The van der Waals surface area contributed by atoms with Gasteiger partial charge in [-0.25, -0.2) is 4.98 Å². The van der Waals surface area contributed by atoms with Gasteiger partial charge in [0.15, 0.2) is 5.82 Å². The standard InChI is InChI=1S/C15H13ClF2N4O/c1-2-21-11-8-19-14(16)20-12(11)22(9-15(17,18)13(21)23)10-6-4-3-5-7-10/h3-8H,2,9H2,1H3. The first-order valence-corrected chi connectivity index (χ1v) is 7.36. The number of alkyl halides is 2. The molecule has 0 bridgehead atoms. The fourth-order valence-corrected chi connectivity index (χ4v) is 2.65. The van der Waals surface area contributed by atoms with Crippen LogP contribution in [0.1, 0.15) is 6.92 Å². The van der Waals surface area contributed by atoms with Gasteiger partial charge in [-0.3, -0.25) is 4.79 Å². The summed E-state index contributed by atoms with van der Waals surface area (Å²) in [6.07, 6.45) is 1.30. The molecule has 8 heteroatoms. The molecule has 120 valence electrons. The summed E-state index contributed by atoms with van der Waals surface area (Å²) in [5.74, 6) is -4.65. The minimum Gasteiger partial charge on any atom is -0.318 e. The topological polar surface area (TPSA) is 49.3 Å². The van der Waals surface area contributed by atoms with Crippen molar-refractivity contribution < 1.29 is 13.6 Å². The van der Waals surface area contributed by atoms with E-state index in [4.69, 9.17) is 11.6 Å². The van der Waals surface area contributed by atoms with Gasteiger partial charge >= 0.3 is 5.92 Å². The molecular weight excluding hydrogens is 326 g/mol. The van der Waals surface area contributed by atoms with E-state index in [0.717, 1.165) is 4.90 Å². The number of carbonyl (C=O) groups excluding carboxylic acids is 1. The first-order chi connectivity index (χ1) is 10.9.